The summed E-state index contributed by atoms with van der Waals surface area (Å²) in [6.07, 6.45) is 3.75. The van der Waals surface area contributed by atoms with Crippen LogP contribution in [0.1, 0.15) is 18.4 Å². The van der Waals surface area contributed by atoms with Crippen LogP contribution in [-0.2, 0) is 7.05 Å². The van der Waals surface area contributed by atoms with Crippen molar-refractivity contribution in [2.75, 3.05) is 37.8 Å². The molecule has 190 valence electrons. The van der Waals surface area contributed by atoms with Gasteiger partial charge in [-0.3, -0.25) is 0 Å². The third kappa shape index (κ3) is 4.55. The number of oxazole rings is 1. The number of hydrogen-bond donors (Lipinski definition) is 2. The summed E-state index contributed by atoms with van der Waals surface area (Å²) >= 11 is 0. The summed E-state index contributed by atoms with van der Waals surface area (Å²) in [5.41, 5.74) is 11.8. The maximum Gasteiger partial charge on any atom is 0.300 e. The standard InChI is InChI=1S/C27H30N8O2/c1-16-12-20-24(21(13-16)36-14-17-8-10-34(2)11-9-17)37-27(32-20)31-19-6-4-18(5-7-19)23-22-25(28)29-15-30-26(22)35(3)33-23/h4-7,12-13,15,17H,8-11,14H2,1-3H3,(H,31,32)(H2,28,29,30). The van der Waals surface area contributed by atoms with Gasteiger partial charge in [0.15, 0.2) is 17.0 Å². The van der Waals surface area contributed by atoms with Crippen LogP contribution in [0, 0.1) is 12.8 Å². The van der Waals surface area contributed by atoms with E-state index in [1.54, 1.807) is 4.68 Å². The Bertz CT molecular complexity index is 1570. The molecule has 1 aliphatic rings. The number of anilines is 3. The van der Waals surface area contributed by atoms with Crippen molar-refractivity contribution in [3.8, 4) is 17.0 Å². The molecule has 10 nitrogen and oxygen atoms in total. The van der Waals surface area contributed by atoms with Gasteiger partial charge in [0, 0.05) is 18.3 Å². The molecule has 1 aliphatic heterocycles. The number of rotatable bonds is 6. The molecule has 1 fully saturated rings. The Morgan fingerprint density at radius 2 is 1.89 bits per heavy atom. The molecule has 0 bridgehead atoms. The van der Waals surface area contributed by atoms with Crippen molar-refractivity contribution < 1.29 is 9.15 Å². The van der Waals surface area contributed by atoms with Crippen LogP contribution >= 0.6 is 0 Å². The first-order chi connectivity index (χ1) is 17.9. The maximum atomic E-state index is 6.24. The summed E-state index contributed by atoms with van der Waals surface area (Å²) in [5, 5.41) is 8.61. The van der Waals surface area contributed by atoms with Gasteiger partial charge in [0.1, 0.15) is 23.4 Å². The van der Waals surface area contributed by atoms with E-state index in [1.807, 2.05) is 50.4 Å². The zero-order valence-electron chi connectivity index (χ0n) is 21.2. The summed E-state index contributed by atoms with van der Waals surface area (Å²) in [4.78, 5) is 15.5. The average Bonchev–Trinajstić information content (AvgIpc) is 3.45. The van der Waals surface area contributed by atoms with Crippen LogP contribution in [0.5, 0.6) is 5.75 Å². The van der Waals surface area contributed by atoms with E-state index < -0.39 is 0 Å². The van der Waals surface area contributed by atoms with Crippen molar-refractivity contribution in [3.63, 3.8) is 0 Å². The molecule has 0 radical (unpaired) electrons. The van der Waals surface area contributed by atoms with Gasteiger partial charge < -0.3 is 25.1 Å². The fraction of sp³-hybridized carbons (Fsp3) is 0.333. The van der Waals surface area contributed by atoms with Crippen LogP contribution in [0.2, 0.25) is 0 Å². The molecule has 5 aromatic rings. The Labute approximate surface area is 214 Å². The first-order valence-corrected chi connectivity index (χ1v) is 12.5. The second kappa shape index (κ2) is 9.36. The topological polar surface area (TPSA) is 120 Å². The summed E-state index contributed by atoms with van der Waals surface area (Å²) in [6, 6.07) is 12.3. The quantitative estimate of drug-likeness (QED) is 0.348. The van der Waals surface area contributed by atoms with Gasteiger partial charge in [-0.05, 0) is 75.6 Å². The Kier molecular flexibility index (Phi) is 5.88. The minimum Gasteiger partial charge on any atom is -0.489 e. The zero-order valence-corrected chi connectivity index (χ0v) is 21.2. The first-order valence-electron chi connectivity index (χ1n) is 12.5. The van der Waals surface area contributed by atoms with Crippen molar-refractivity contribution >= 4 is 39.7 Å². The zero-order chi connectivity index (χ0) is 25.5. The van der Waals surface area contributed by atoms with Crippen LogP contribution in [-0.4, -0.2) is 56.4 Å². The molecule has 6 rings (SSSR count). The third-order valence-corrected chi connectivity index (χ3v) is 6.97. The number of nitrogens with one attached hydrogen (secondary N) is 1. The highest BCUT2D eigenvalue weighted by molar-refractivity contribution is 5.98. The largest absolute Gasteiger partial charge is 0.489 e. The second-order valence-corrected chi connectivity index (χ2v) is 9.82. The molecule has 37 heavy (non-hydrogen) atoms. The lowest BCUT2D eigenvalue weighted by atomic mass is 9.98. The van der Waals surface area contributed by atoms with E-state index in [4.69, 9.17) is 14.9 Å². The van der Waals surface area contributed by atoms with Crippen LogP contribution in [0.15, 0.2) is 47.1 Å². The van der Waals surface area contributed by atoms with Gasteiger partial charge in [0.2, 0.25) is 0 Å². The van der Waals surface area contributed by atoms with Crippen LogP contribution in [0.4, 0.5) is 17.5 Å². The highest BCUT2D eigenvalue weighted by Gasteiger charge is 2.20. The number of nitrogen functional groups attached to an aromatic ring is 1. The number of benzene rings is 2. The number of nitrogens with zero attached hydrogens (tertiary/aromatic N) is 6. The molecule has 2 aromatic carbocycles. The minimum atomic E-state index is 0.408. The smallest absolute Gasteiger partial charge is 0.300 e. The molecular formula is C27H30N8O2. The van der Waals surface area contributed by atoms with E-state index in [0.29, 0.717) is 35.6 Å². The number of aryl methyl sites for hydroxylation is 2. The number of likely N-dealkylation sites (tertiary alicyclic amines) is 1. The molecular weight excluding hydrogens is 468 g/mol. The molecule has 0 spiro atoms. The van der Waals surface area contributed by atoms with Gasteiger partial charge in [-0.1, -0.05) is 12.1 Å². The normalized spacial score (nSPS) is 15.0. The van der Waals surface area contributed by atoms with Crippen LogP contribution in [0.25, 0.3) is 33.4 Å². The fourth-order valence-corrected chi connectivity index (χ4v) is 4.88. The lowest BCUT2D eigenvalue weighted by Crippen LogP contribution is -2.32. The molecule has 10 heteroatoms. The second-order valence-electron chi connectivity index (χ2n) is 9.82. The molecule has 4 heterocycles. The summed E-state index contributed by atoms with van der Waals surface area (Å²) in [5.74, 6) is 1.71. The molecule has 0 amide bonds. The van der Waals surface area contributed by atoms with Crippen molar-refractivity contribution in [3.05, 3.63) is 48.3 Å². The third-order valence-electron chi connectivity index (χ3n) is 6.97. The van der Waals surface area contributed by atoms with E-state index in [1.165, 1.54) is 6.33 Å². The monoisotopic (exact) mass is 498 g/mol. The SMILES string of the molecule is Cc1cc(OCC2CCN(C)CC2)c2oc(Nc3ccc(-c4nn(C)c5ncnc(N)c45)cc3)nc2c1. The fourth-order valence-electron chi connectivity index (χ4n) is 4.88. The van der Waals surface area contributed by atoms with E-state index in [2.05, 4.69) is 37.3 Å². The van der Waals surface area contributed by atoms with E-state index in [0.717, 1.165) is 65.1 Å². The highest BCUT2D eigenvalue weighted by atomic mass is 16.5. The number of fused-ring (bicyclic) bond motifs is 2. The predicted octanol–water partition coefficient (Wildman–Crippen LogP) is 4.53. The summed E-state index contributed by atoms with van der Waals surface area (Å²) in [7, 11) is 4.01. The Morgan fingerprint density at radius 3 is 2.68 bits per heavy atom. The first kappa shape index (κ1) is 23.2. The van der Waals surface area contributed by atoms with Crippen LogP contribution < -0.4 is 15.8 Å². The van der Waals surface area contributed by atoms with Crippen molar-refractivity contribution in [1.29, 1.82) is 0 Å². The molecule has 3 aromatic heterocycles. The average molecular weight is 499 g/mol. The van der Waals surface area contributed by atoms with Gasteiger partial charge in [-0.2, -0.15) is 10.1 Å². The number of hydrogen-bond acceptors (Lipinski definition) is 9. The lowest BCUT2D eigenvalue weighted by Gasteiger charge is -2.28. The molecule has 0 unspecified atom stereocenters. The van der Waals surface area contributed by atoms with Crippen molar-refractivity contribution in [2.45, 2.75) is 19.8 Å². The molecule has 0 saturated carbocycles. The van der Waals surface area contributed by atoms with E-state index in [9.17, 15) is 0 Å². The number of nitrogens with two attached hydrogens (primary N) is 1. The van der Waals surface area contributed by atoms with Gasteiger partial charge >= 0.3 is 0 Å². The molecule has 0 atom stereocenters. The Hall–Kier alpha value is -4.18. The maximum absolute atomic E-state index is 6.24. The predicted molar refractivity (Wildman–Crippen MR) is 144 cm³/mol. The van der Waals surface area contributed by atoms with Crippen molar-refractivity contribution in [1.82, 2.24) is 29.6 Å². The number of aromatic nitrogens is 5. The molecule has 1 saturated heterocycles. The Balaban J connectivity index is 1.21. The highest BCUT2D eigenvalue weighted by Crippen LogP contribution is 2.33. The van der Waals surface area contributed by atoms with Crippen LogP contribution in [0.3, 0.4) is 0 Å². The Morgan fingerprint density at radius 1 is 1.11 bits per heavy atom. The molecule has 0 aliphatic carbocycles. The van der Waals surface area contributed by atoms with E-state index in [-0.39, 0.29) is 0 Å². The van der Waals surface area contributed by atoms with Crippen molar-refractivity contribution in [2.24, 2.45) is 13.0 Å². The minimum absolute atomic E-state index is 0.408. The molecule has 3 N–H and O–H groups in total. The summed E-state index contributed by atoms with van der Waals surface area (Å²) < 4.78 is 14.1. The lowest BCUT2D eigenvalue weighted by molar-refractivity contribution is 0.160. The van der Waals surface area contributed by atoms with Gasteiger partial charge in [0.05, 0.1) is 12.0 Å². The van der Waals surface area contributed by atoms with Gasteiger partial charge in [0.25, 0.3) is 6.01 Å². The number of ether oxygens (including phenoxy) is 1. The summed E-state index contributed by atoms with van der Waals surface area (Å²) in [6.45, 7) is 4.96. The van der Waals surface area contributed by atoms with Gasteiger partial charge in [-0.15, -0.1) is 0 Å². The van der Waals surface area contributed by atoms with Gasteiger partial charge in [-0.25, -0.2) is 14.6 Å². The number of piperidine rings is 1. The van der Waals surface area contributed by atoms with E-state index >= 15 is 0 Å².